The zero-order valence-corrected chi connectivity index (χ0v) is 35.8. The fraction of sp³-hybridized carbons (Fsp3) is 0.211. The highest BCUT2D eigenvalue weighted by Crippen LogP contribution is 2.45. The maximum absolute atomic E-state index is 4.87. The minimum absolute atomic E-state index is 0.0122. The second-order valence-electron chi connectivity index (χ2n) is 18.4. The molecule has 0 radical (unpaired) electrons. The summed E-state index contributed by atoms with van der Waals surface area (Å²) in [5.74, 6) is 0.345. The standard InChI is InChI=1S/C57H53N3/c1-36-12-14-40(15-13-36)43-28-38(3)29-44(32-43)47-21-20-46(53-35-58-25-22-49(47)53)42-17-16-41-18-19-51-48-10-8-9-11-50(48)54-30-37(2)23-26-60(54)55(51)31-39(4)59-27-24-45(57(5,6)7)34-56(59)52(41)33-42/h8-17,20-30,32-35,51,55H,4,18-19,31H2,1-3,5-7H3/q+2. The van der Waals surface area contributed by atoms with Gasteiger partial charge in [-0.15, -0.1) is 0 Å². The first kappa shape index (κ1) is 37.8. The lowest BCUT2D eigenvalue weighted by Gasteiger charge is -2.31. The fourth-order valence-electron chi connectivity index (χ4n) is 10.0. The monoisotopic (exact) mass is 779 g/mol. The van der Waals surface area contributed by atoms with Crippen molar-refractivity contribution in [3.05, 3.63) is 192 Å². The van der Waals surface area contributed by atoms with Crippen LogP contribution in [0.1, 0.15) is 79.0 Å². The van der Waals surface area contributed by atoms with Gasteiger partial charge >= 0.3 is 0 Å². The molecule has 5 heterocycles. The number of hydrogen-bond donors (Lipinski definition) is 0. The van der Waals surface area contributed by atoms with Crippen LogP contribution in [0.3, 0.4) is 0 Å². The van der Waals surface area contributed by atoms with Gasteiger partial charge in [-0.3, -0.25) is 4.98 Å². The summed E-state index contributed by atoms with van der Waals surface area (Å²) in [6, 6.07) is 48.5. The van der Waals surface area contributed by atoms with Crippen molar-refractivity contribution in [2.75, 3.05) is 0 Å². The van der Waals surface area contributed by atoms with Gasteiger partial charge in [0.1, 0.15) is 0 Å². The molecule has 3 aromatic heterocycles. The number of nitrogens with zero attached hydrogens (tertiary/aromatic N) is 3. The third-order valence-corrected chi connectivity index (χ3v) is 13.2. The third-order valence-electron chi connectivity index (χ3n) is 13.2. The summed E-state index contributed by atoms with van der Waals surface area (Å²) in [6.45, 7) is 18.3. The second-order valence-corrected chi connectivity index (χ2v) is 18.4. The third kappa shape index (κ3) is 6.67. The Labute approximate surface area is 355 Å². The van der Waals surface area contributed by atoms with Crippen LogP contribution in [0.2, 0.25) is 0 Å². The van der Waals surface area contributed by atoms with E-state index in [1.165, 1.54) is 94.7 Å². The van der Waals surface area contributed by atoms with Gasteiger partial charge in [-0.1, -0.05) is 105 Å². The van der Waals surface area contributed by atoms with Crippen LogP contribution < -0.4 is 9.13 Å². The first-order valence-electron chi connectivity index (χ1n) is 21.5. The van der Waals surface area contributed by atoms with E-state index in [1.54, 1.807) is 0 Å². The summed E-state index contributed by atoms with van der Waals surface area (Å²) < 4.78 is 4.94. The highest BCUT2D eigenvalue weighted by molar-refractivity contribution is 6.05. The van der Waals surface area contributed by atoms with Crippen molar-refractivity contribution in [2.24, 2.45) is 0 Å². The number of allylic oxidation sites excluding steroid dienone is 1. The lowest BCUT2D eigenvalue weighted by atomic mass is 9.77. The molecule has 0 spiro atoms. The lowest BCUT2D eigenvalue weighted by molar-refractivity contribution is -0.720. The van der Waals surface area contributed by atoms with E-state index in [1.807, 2.05) is 6.20 Å². The van der Waals surface area contributed by atoms with Crippen LogP contribution in [0.4, 0.5) is 0 Å². The largest absolute Gasteiger partial charge is 0.264 e. The molecule has 60 heavy (non-hydrogen) atoms. The van der Waals surface area contributed by atoms with Gasteiger partial charge in [0.25, 0.3) is 0 Å². The molecule has 2 atom stereocenters. The Bertz CT molecular complexity index is 3000. The predicted molar refractivity (Wildman–Crippen MR) is 249 cm³/mol. The Morgan fingerprint density at radius 2 is 1.37 bits per heavy atom. The molecule has 2 aliphatic heterocycles. The summed E-state index contributed by atoms with van der Waals surface area (Å²) >= 11 is 0. The zero-order chi connectivity index (χ0) is 41.3. The molecule has 3 heteroatoms. The Hall–Kier alpha value is -6.45. The van der Waals surface area contributed by atoms with E-state index in [0.29, 0.717) is 5.92 Å². The average Bonchev–Trinajstić information content (AvgIpc) is 3.25. The number of aryl methyl sites for hydroxylation is 4. The van der Waals surface area contributed by atoms with Crippen molar-refractivity contribution >= 4 is 16.5 Å². The molecule has 8 aromatic rings. The second kappa shape index (κ2) is 14.7. The number of rotatable bonds is 3. The summed E-state index contributed by atoms with van der Waals surface area (Å²) in [7, 11) is 0. The van der Waals surface area contributed by atoms with Gasteiger partial charge in [-0.2, -0.15) is 9.13 Å². The highest BCUT2D eigenvalue weighted by Gasteiger charge is 2.42. The van der Waals surface area contributed by atoms with Gasteiger partial charge in [0, 0.05) is 53.5 Å². The summed E-state index contributed by atoms with van der Waals surface area (Å²) in [4.78, 5) is 4.71. The van der Waals surface area contributed by atoms with Crippen LogP contribution in [-0.2, 0) is 11.8 Å². The molecule has 5 aromatic carbocycles. The van der Waals surface area contributed by atoms with Gasteiger partial charge in [0.05, 0.1) is 12.0 Å². The Kier molecular flexibility index (Phi) is 9.24. The minimum Gasteiger partial charge on any atom is -0.264 e. The van der Waals surface area contributed by atoms with Crippen LogP contribution in [-0.4, -0.2) is 4.98 Å². The number of aromatic nitrogens is 3. The van der Waals surface area contributed by atoms with Crippen molar-refractivity contribution in [2.45, 2.75) is 78.2 Å². The topological polar surface area (TPSA) is 20.6 Å². The normalized spacial score (nSPS) is 16.0. The molecular formula is C57H53N3+2. The molecule has 0 N–H and O–H groups in total. The minimum atomic E-state index is -0.0122. The molecule has 10 rings (SSSR count). The quantitative estimate of drug-likeness (QED) is 0.164. The van der Waals surface area contributed by atoms with Crippen LogP contribution in [0.25, 0.3) is 72.4 Å². The molecule has 2 aliphatic rings. The summed E-state index contributed by atoms with van der Waals surface area (Å²) in [5, 5.41) is 2.36. The zero-order valence-electron chi connectivity index (χ0n) is 35.8. The predicted octanol–water partition coefficient (Wildman–Crippen LogP) is 13.5. The van der Waals surface area contributed by atoms with Gasteiger partial charge in [0.15, 0.2) is 24.1 Å². The van der Waals surface area contributed by atoms with Crippen molar-refractivity contribution in [3.8, 4) is 55.9 Å². The molecule has 0 saturated heterocycles. The smallest absolute Gasteiger partial charge is 0.218 e. The highest BCUT2D eigenvalue weighted by atomic mass is 15.0. The molecular weight excluding hydrogens is 727 g/mol. The van der Waals surface area contributed by atoms with Crippen molar-refractivity contribution in [3.63, 3.8) is 0 Å². The van der Waals surface area contributed by atoms with E-state index in [0.717, 1.165) is 30.3 Å². The van der Waals surface area contributed by atoms with E-state index >= 15 is 0 Å². The van der Waals surface area contributed by atoms with Crippen LogP contribution >= 0.6 is 0 Å². The molecule has 2 unspecified atom stereocenters. The molecule has 0 bridgehead atoms. The number of fused-ring (bicyclic) bond motifs is 10. The number of benzene rings is 5. The van der Waals surface area contributed by atoms with E-state index in [-0.39, 0.29) is 11.5 Å². The Balaban J connectivity index is 1.12. The van der Waals surface area contributed by atoms with E-state index in [9.17, 15) is 0 Å². The van der Waals surface area contributed by atoms with Crippen LogP contribution in [0.5, 0.6) is 0 Å². The fourth-order valence-corrected chi connectivity index (χ4v) is 10.0. The SMILES string of the molecule is C=C1CC2C(CCc3ccc(-c4ccc(-c5cc(C)cc(-c6ccc(C)cc6)c5)c5ccncc45)cc3-c3cc(C(C)(C)C)cc[n+]31)c1ccccc1-c1cc(C)cc[n+]12. The van der Waals surface area contributed by atoms with E-state index < -0.39 is 0 Å². The lowest BCUT2D eigenvalue weighted by Crippen LogP contribution is -2.49. The first-order valence-corrected chi connectivity index (χ1v) is 21.5. The first-order chi connectivity index (χ1) is 29.0. The molecule has 0 aliphatic carbocycles. The van der Waals surface area contributed by atoms with Crippen molar-refractivity contribution < 1.29 is 9.13 Å². The number of hydrogen-bond acceptors (Lipinski definition) is 1. The van der Waals surface area contributed by atoms with Crippen molar-refractivity contribution in [1.82, 2.24) is 4.98 Å². The summed E-state index contributed by atoms with van der Waals surface area (Å²) in [5.41, 5.74) is 21.5. The molecule has 0 fully saturated rings. The van der Waals surface area contributed by atoms with Gasteiger partial charge in [-0.25, -0.2) is 0 Å². The maximum Gasteiger partial charge on any atom is 0.218 e. The molecule has 0 saturated carbocycles. The van der Waals surface area contributed by atoms with Crippen molar-refractivity contribution in [1.29, 1.82) is 0 Å². The summed E-state index contributed by atoms with van der Waals surface area (Å²) in [6.07, 6.45) is 11.4. The maximum atomic E-state index is 4.87. The van der Waals surface area contributed by atoms with E-state index in [2.05, 4.69) is 197 Å². The Morgan fingerprint density at radius 1 is 0.600 bits per heavy atom. The van der Waals surface area contributed by atoms with Crippen LogP contribution in [0, 0.1) is 20.8 Å². The Morgan fingerprint density at radius 3 is 2.18 bits per heavy atom. The van der Waals surface area contributed by atoms with Gasteiger partial charge in [0.2, 0.25) is 11.4 Å². The molecule has 3 nitrogen and oxygen atoms in total. The molecule has 294 valence electrons. The number of pyridine rings is 3. The van der Waals surface area contributed by atoms with E-state index in [4.69, 9.17) is 11.6 Å². The molecule has 0 amide bonds. The van der Waals surface area contributed by atoms with Gasteiger partial charge in [-0.05, 0) is 136 Å². The van der Waals surface area contributed by atoms with Crippen LogP contribution in [0.15, 0.2) is 159 Å². The van der Waals surface area contributed by atoms with Gasteiger partial charge < -0.3 is 0 Å². The average molecular weight is 780 g/mol.